The van der Waals surface area contributed by atoms with Crippen molar-refractivity contribution in [3.05, 3.63) is 35.9 Å². The van der Waals surface area contributed by atoms with Crippen molar-refractivity contribution >= 4 is 11.8 Å². The van der Waals surface area contributed by atoms with Gasteiger partial charge in [-0.1, -0.05) is 58.0 Å². The van der Waals surface area contributed by atoms with Crippen LogP contribution in [0.25, 0.3) is 0 Å². The smallest absolute Gasteiger partial charge is 0.339 e. The molecule has 2 atom stereocenters. The average molecular weight is 306 g/mol. The molecule has 1 N–H and O–H groups in total. The number of benzene rings is 1. The minimum atomic E-state index is -1.86. The van der Waals surface area contributed by atoms with Crippen LogP contribution in [0.1, 0.15) is 52.5 Å². The molecule has 0 saturated carbocycles. The summed E-state index contributed by atoms with van der Waals surface area (Å²) in [6.07, 6.45) is 0.104. The topological polar surface area (TPSA) is 63.6 Å². The van der Waals surface area contributed by atoms with Gasteiger partial charge in [-0.25, -0.2) is 4.79 Å². The summed E-state index contributed by atoms with van der Waals surface area (Å²) in [5.74, 6) is -1.88. The fraction of sp³-hybridized carbons (Fsp3) is 0.556. The number of esters is 1. The van der Waals surface area contributed by atoms with Crippen molar-refractivity contribution in [2.24, 2.45) is 5.41 Å². The van der Waals surface area contributed by atoms with Crippen molar-refractivity contribution in [3.63, 3.8) is 0 Å². The fourth-order valence-corrected chi connectivity index (χ4v) is 2.44. The molecule has 0 aromatic heterocycles. The molecular formula is C18H26O4. The highest BCUT2D eigenvalue weighted by Crippen LogP contribution is 2.38. The van der Waals surface area contributed by atoms with E-state index in [0.29, 0.717) is 5.56 Å². The number of hydrogen-bond donors (Lipinski definition) is 1. The minimum absolute atomic E-state index is 0.104. The van der Waals surface area contributed by atoms with Gasteiger partial charge in [0.25, 0.3) is 0 Å². The molecule has 0 saturated heterocycles. The van der Waals surface area contributed by atoms with E-state index in [1.54, 1.807) is 58.9 Å². The molecule has 0 radical (unpaired) electrons. The Labute approximate surface area is 132 Å². The third-order valence-corrected chi connectivity index (χ3v) is 3.78. The fourth-order valence-electron chi connectivity index (χ4n) is 2.44. The van der Waals surface area contributed by atoms with E-state index in [0.717, 1.165) is 0 Å². The van der Waals surface area contributed by atoms with Crippen LogP contribution in [0.4, 0.5) is 0 Å². The van der Waals surface area contributed by atoms with Crippen LogP contribution in [0.2, 0.25) is 0 Å². The molecule has 0 aliphatic carbocycles. The lowest BCUT2D eigenvalue weighted by Crippen LogP contribution is -2.50. The minimum Gasteiger partial charge on any atom is -0.464 e. The molecule has 4 heteroatoms. The van der Waals surface area contributed by atoms with Crippen LogP contribution in [0.5, 0.6) is 0 Å². The largest absolute Gasteiger partial charge is 0.464 e. The molecule has 4 nitrogen and oxygen atoms in total. The van der Waals surface area contributed by atoms with Crippen molar-refractivity contribution < 1.29 is 19.4 Å². The van der Waals surface area contributed by atoms with Crippen molar-refractivity contribution in [3.8, 4) is 0 Å². The predicted molar refractivity (Wildman–Crippen MR) is 85.5 cm³/mol. The van der Waals surface area contributed by atoms with Gasteiger partial charge in [-0.05, 0) is 18.9 Å². The van der Waals surface area contributed by atoms with Crippen LogP contribution in [0.15, 0.2) is 30.3 Å². The monoisotopic (exact) mass is 306 g/mol. The molecule has 122 valence electrons. The Kier molecular flexibility index (Phi) is 5.89. The molecule has 0 spiro atoms. The van der Waals surface area contributed by atoms with E-state index in [4.69, 9.17) is 4.74 Å². The number of aliphatic hydroxyl groups is 1. The Bertz CT molecular complexity index is 516. The average Bonchev–Trinajstić information content (AvgIpc) is 2.47. The molecule has 1 aromatic carbocycles. The maximum atomic E-state index is 12.9. The zero-order chi connectivity index (χ0) is 17.0. The van der Waals surface area contributed by atoms with E-state index in [9.17, 15) is 14.7 Å². The number of Topliss-reactive ketones (excluding diaryl/α,β-unsaturated/α-hetero) is 1. The Morgan fingerprint density at radius 2 is 1.68 bits per heavy atom. The second-order valence-electron chi connectivity index (χ2n) is 6.46. The molecule has 2 unspecified atom stereocenters. The van der Waals surface area contributed by atoms with Gasteiger partial charge in [0.05, 0.1) is 12.5 Å². The first kappa shape index (κ1) is 18.4. The first-order valence-corrected chi connectivity index (χ1v) is 7.67. The van der Waals surface area contributed by atoms with E-state index in [2.05, 4.69) is 0 Å². The number of rotatable bonds is 6. The number of carbonyl (C=O) groups is 2. The molecule has 0 heterocycles. The van der Waals surface area contributed by atoms with E-state index >= 15 is 0 Å². The second-order valence-corrected chi connectivity index (χ2v) is 6.46. The van der Waals surface area contributed by atoms with Crippen molar-refractivity contribution in [2.75, 3.05) is 6.61 Å². The maximum Gasteiger partial charge on any atom is 0.339 e. The molecule has 22 heavy (non-hydrogen) atoms. The molecule has 0 amide bonds. The lowest BCUT2D eigenvalue weighted by molar-refractivity contribution is -0.171. The molecule has 0 aliphatic heterocycles. The molecule has 1 rings (SSSR count). The van der Waals surface area contributed by atoms with Gasteiger partial charge in [-0.3, -0.25) is 4.79 Å². The van der Waals surface area contributed by atoms with Crippen LogP contribution in [0.3, 0.4) is 0 Å². The third-order valence-electron chi connectivity index (χ3n) is 3.78. The van der Waals surface area contributed by atoms with Gasteiger partial charge in [-0.2, -0.15) is 0 Å². The summed E-state index contributed by atoms with van der Waals surface area (Å²) in [6, 6.07) is 8.93. The van der Waals surface area contributed by atoms with Crippen LogP contribution >= 0.6 is 0 Å². The lowest BCUT2D eigenvalue weighted by atomic mass is 9.70. The van der Waals surface area contributed by atoms with Crippen molar-refractivity contribution in [2.45, 2.75) is 52.6 Å². The molecule has 1 aromatic rings. The van der Waals surface area contributed by atoms with Gasteiger partial charge < -0.3 is 9.84 Å². The summed E-state index contributed by atoms with van der Waals surface area (Å²) >= 11 is 0. The standard InChI is InChI=1S/C18H26O4/c1-6-18(21,16(20)22-7-2)14(15(19)17(3,4)5)13-11-9-8-10-12-13/h8-12,14,21H,6-7H2,1-5H3. The van der Waals surface area contributed by atoms with Crippen LogP contribution in [-0.4, -0.2) is 29.1 Å². The maximum absolute atomic E-state index is 12.9. The zero-order valence-corrected chi connectivity index (χ0v) is 14.1. The first-order chi connectivity index (χ1) is 10.2. The van der Waals surface area contributed by atoms with Crippen LogP contribution in [0, 0.1) is 5.41 Å². The molecule has 0 aliphatic rings. The quantitative estimate of drug-likeness (QED) is 0.820. The van der Waals surface area contributed by atoms with Gasteiger partial charge in [-0.15, -0.1) is 0 Å². The summed E-state index contributed by atoms with van der Waals surface area (Å²) in [7, 11) is 0. The molecule has 0 bridgehead atoms. The highest BCUT2D eigenvalue weighted by Gasteiger charge is 2.50. The zero-order valence-electron chi connectivity index (χ0n) is 14.1. The number of carbonyl (C=O) groups excluding carboxylic acids is 2. The third kappa shape index (κ3) is 3.74. The molecule has 0 fully saturated rings. The van der Waals surface area contributed by atoms with Crippen molar-refractivity contribution in [1.82, 2.24) is 0 Å². The number of ketones is 1. The summed E-state index contributed by atoms with van der Waals surface area (Å²) in [6.45, 7) is 8.87. The Morgan fingerprint density at radius 1 is 1.14 bits per heavy atom. The van der Waals surface area contributed by atoms with Gasteiger partial charge in [0.15, 0.2) is 5.60 Å². The highest BCUT2D eigenvalue weighted by molar-refractivity contribution is 5.97. The summed E-state index contributed by atoms with van der Waals surface area (Å²) in [5.41, 5.74) is -1.92. The van der Waals surface area contributed by atoms with Gasteiger partial charge >= 0.3 is 5.97 Å². The van der Waals surface area contributed by atoms with Crippen LogP contribution in [-0.2, 0) is 14.3 Å². The summed E-state index contributed by atoms with van der Waals surface area (Å²) in [4.78, 5) is 25.2. The van der Waals surface area contributed by atoms with Gasteiger partial charge in [0.1, 0.15) is 5.78 Å². The Hall–Kier alpha value is -1.68. The van der Waals surface area contributed by atoms with Gasteiger partial charge in [0.2, 0.25) is 0 Å². The number of ether oxygens (including phenoxy) is 1. The Balaban J connectivity index is 3.42. The number of hydrogen-bond acceptors (Lipinski definition) is 4. The van der Waals surface area contributed by atoms with Crippen LogP contribution < -0.4 is 0 Å². The first-order valence-electron chi connectivity index (χ1n) is 7.67. The predicted octanol–water partition coefficient (Wildman–Crippen LogP) is 3.09. The van der Waals surface area contributed by atoms with E-state index < -0.39 is 22.9 Å². The SMILES string of the molecule is CCOC(=O)C(O)(CC)C(C(=O)C(C)(C)C)c1ccccc1. The molecular weight excluding hydrogens is 280 g/mol. The second kappa shape index (κ2) is 7.05. The summed E-state index contributed by atoms with van der Waals surface area (Å²) in [5, 5.41) is 11.0. The summed E-state index contributed by atoms with van der Waals surface area (Å²) < 4.78 is 5.02. The van der Waals surface area contributed by atoms with E-state index in [-0.39, 0.29) is 18.8 Å². The van der Waals surface area contributed by atoms with E-state index in [1.807, 2.05) is 6.07 Å². The Morgan fingerprint density at radius 3 is 2.09 bits per heavy atom. The normalized spacial score (nSPS) is 15.7. The van der Waals surface area contributed by atoms with Gasteiger partial charge in [0, 0.05) is 5.41 Å². The lowest BCUT2D eigenvalue weighted by Gasteiger charge is -2.36. The van der Waals surface area contributed by atoms with E-state index in [1.165, 1.54) is 0 Å². The highest BCUT2D eigenvalue weighted by atomic mass is 16.5. The van der Waals surface area contributed by atoms with Crippen molar-refractivity contribution in [1.29, 1.82) is 0 Å².